The van der Waals surface area contributed by atoms with E-state index in [0.717, 1.165) is 11.1 Å². The van der Waals surface area contributed by atoms with Crippen molar-refractivity contribution in [1.82, 2.24) is 0 Å². The van der Waals surface area contributed by atoms with Gasteiger partial charge in [-0.25, -0.2) is 0 Å². The van der Waals surface area contributed by atoms with Crippen molar-refractivity contribution in [1.29, 1.82) is 0 Å². The number of rotatable bonds is 3. The summed E-state index contributed by atoms with van der Waals surface area (Å²) in [6.07, 6.45) is 0. The van der Waals surface area contributed by atoms with E-state index < -0.39 is 4.92 Å². The molecule has 0 spiro atoms. The predicted molar refractivity (Wildman–Crippen MR) is 66.3 cm³/mol. The van der Waals surface area contributed by atoms with E-state index in [9.17, 15) is 10.1 Å². The van der Waals surface area contributed by atoms with Crippen LogP contribution >= 0.6 is 0 Å². The quantitative estimate of drug-likeness (QED) is 0.591. The molecule has 2 rings (SSSR count). The molecule has 1 radical (unpaired) electrons. The molecular weight excluding hydrogens is 214 g/mol. The Kier molecular flexibility index (Phi) is 3.01. The molecule has 0 atom stereocenters. The number of nitro benzene ring substituents is 1. The highest BCUT2D eigenvalue weighted by atomic mass is 16.6. The zero-order valence-corrected chi connectivity index (χ0v) is 9.04. The fourth-order valence-corrected chi connectivity index (χ4v) is 1.55. The molecule has 0 saturated carbocycles. The van der Waals surface area contributed by atoms with Crippen molar-refractivity contribution in [3.8, 4) is 0 Å². The summed E-state index contributed by atoms with van der Waals surface area (Å²) in [4.78, 5) is 10.1. The number of hydrogen-bond donors (Lipinski definition) is 0. The minimum absolute atomic E-state index is 0.0645. The Morgan fingerprint density at radius 2 is 1.47 bits per heavy atom. The van der Waals surface area contributed by atoms with E-state index in [-0.39, 0.29) is 5.69 Å². The summed E-state index contributed by atoms with van der Waals surface area (Å²) < 4.78 is 0. The van der Waals surface area contributed by atoms with Gasteiger partial charge in [-0.2, -0.15) is 0 Å². The van der Waals surface area contributed by atoms with E-state index >= 15 is 0 Å². The Morgan fingerprint density at radius 3 is 2.00 bits per heavy atom. The van der Waals surface area contributed by atoms with Crippen LogP contribution in [0, 0.1) is 16.7 Å². The van der Waals surface area contributed by atoms with Crippen LogP contribution in [0.1, 0.15) is 11.1 Å². The smallest absolute Gasteiger partial charge is 0.258 e. The summed E-state index contributed by atoms with van der Waals surface area (Å²) in [6.45, 7) is 5.99. The summed E-state index contributed by atoms with van der Waals surface area (Å²) in [7, 11) is 0. The van der Waals surface area contributed by atoms with Crippen molar-refractivity contribution in [2.24, 2.45) is 0 Å². The maximum Gasteiger partial charge on any atom is 0.269 e. The molecule has 0 bridgehead atoms. The van der Waals surface area contributed by atoms with E-state index in [4.69, 9.17) is 6.58 Å². The lowest BCUT2D eigenvalue weighted by Crippen LogP contribution is -1.89. The summed E-state index contributed by atoms with van der Waals surface area (Å²) in [5, 5.41) is 10.5. The summed E-state index contributed by atoms with van der Waals surface area (Å²) >= 11 is 0. The van der Waals surface area contributed by atoms with Crippen LogP contribution < -0.4 is 0 Å². The van der Waals surface area contributed by atoms with Crippen LogP contribution in [0.2, 0.25) is 0 Å². The van der Waals surface area contributed by atoms with E-state index in [1.54, 1.807) is 12.1 Å². The Balaban J connectivity index is 2.30. The van der Waals surface area contributed by atoms with Crippen LogP contribution in [0.5, 0.6) is 0 Å². The first kappa shape index (κ1) is 11.1. The van der Waals surface area contributed by atoms with Crippen molar-refractivity contribution < 1.29 is 4.92 Å². The predicted octanol–water partition coefficient (Wildman–Crippen LogP) is 3.46. The van der Waals surface area contributed by atoms with Gasteiger partial charge < -0.3 is 0 Å². The zero-order chi connectivity index (χ0) is 12.3. The Labute approximate surface area is 99.2 Å². The highest BCUT2D eigenvalue weighted by Crippen LogP contribution is 2.22. The van der Waals surface area contributed by atoms with Gasteiger partial charge in [0.2, 0.25) is 0 Å². The van der Waals surface area contributed by atoms with Crippen molar-refractivity contribution in [2.45, 2.75) is 0 Å². The first-order valence-electron chi connectivity index (χ1n) is 5.11. The van der Waals surface area contributed by atoms with Crippen molar-refractivity contribution in [2.75, 3.05) is 0 Å². The Bertz CT molecular complexity index is 544. The maximum atomic E-state index is 10.5. The standard InChI is InChI=1S/C14H10NO2/c1-11(12-5-3-2-4-6-12)13-7-9-14(10-8-13)15(16)17/h1-10H. The van der Waals surface area contributed by atoms with Crippen molar-refractivity contribution in [3.05, 3.63) is 82.4 Å². The molecule has 17 heavy (non-hydrogen) atoms. The lowest BCUT2D eigenvalue weighted by molar-refractivity contribution is -0.384. The molecule has 3 nitrogen and oxygen atoms in total. The average molecular weight is 224 g/mol. The summed E-state index contributed by atoms with van der Waals surface area (Å²) in [6, 6.07) is 15.7. The minimum atomic E-state index is -0.428. The van der Waals surface area contributed by atoms with Gasteiger partial charge in [-0.15, -0.1) is 0 Å². The number of non-ortho nitro benzene ring substituents is 1. The molecular formula is C14H10NO2. The third-order valence-electron chi connectivity index (χ3n) is 2.47. The van der Waals surface area contributed by atoms with Crippen molar-refractivity contribution >= 4 is 11.3 Å². The summed E-state index contributed by atoms with van der Waals surface area (Å²) in [5.41, 5.74) is 2.36. The first-order valence-corrected chi connectivity index (χ1v) is 5.11. The number of benzene rings is 2. The van der Waals surface area contributed by atoms with Gasteiger partial charge in [-0.1, -0.05) is 36.9 Å². The van der Waals surface area contributed by atoms with Crippen LogP contribution in [0.25, 0.3) is 5.57 Å². The van der Waals surface area contributed by atoms with Crippen LogP contribution in [0.15, 0.2) is 54.6 Å². The van der Waals surface area contributed by atoms with Gasteiger partial charge >= 0.3 is 0 Å². The molecule has 0 aliphatic heterocycles. The summed E-state index contributed by atoms with van der Waals surface area (Å²) in [5.74, 6) is 0. The van der Waals surface area contributed by atoms with Crippen LogP contribution in [-0.4, -0.2) is 4.92 Å². The average Bonchev–Trinajstić information content (AvgIpc) is 2.39. The number of hydrogen-bond acceptors (Lipinski definition) is 2. The van der Waals surface area contributed by atoms with Crippen LogP contribution in [0.4, 0.5) is 5.69 Å². The first-order chi connectivity index (χ1) is 8.18. The van der Waals surface area contributed by atoms with Gasteiger partial charge in [0.05, 0.1) is 4.92 Å². The lowest BCUT2D eigenvalue weighted by Gasteiger charge is -2.05. The van der Waals surface area contributed by atoms with Crippen molar-refractivity contribution in [3.63, 3.8) is 0 Å². The van der Waals surface area contributed by atoms with Gasteiger partial charge in [0.25, 0.3) is 5.69 Å². The highest BCUT2D eigenvalue weighted by molar-refractivity contribution is 5.77. The fourth-order valence-electron chi connectivity index (χ4n) is 1.55. The Morgan fingerprint density at radius 1 is 0.941 bits per heavy atom. The molecule has 0 aromatic heterocycles. The molecule has 0 heterocycles. The zero-order valence-electron chi connectivity index (χ0n) is 9.04. The SMILES string of the molecule is [CH]=C(c1ccccc1)c1ccc([N+](=O)[O-])cc1. The Hall–Kier alpha value is -2.42. The molecule has 0 amide bonds. The van der Waals surface area contributed by atoms with E-state index in [1.165, 1.54) is 12.1 Å². The van der Waals surface area contributed by atoms with Crippen LogP contribution in [0.3, 0.4) is 0 Å². The third kappa shape index (κ3) is 2.39. The topological polar surface area (TPSA) is 43.1 Å². The molecule has 83 valence electrons. The molecule has 0 N–H and O–H groups in total. The largest absolute Gasteiger partial charge is 0.269 e. The fraction of sp³-hybridized carbons (Fsp3) is 0. The van der Waals surface area contributed by atoms with Crippen LogP contribution in [-0.2, 0) is 0 Å². The molecule has 0 saturated heterocycles. The van der Waals surface area contributed by atoms with E-state index in [2.05, 4.69) is 0 Å². The molecule has 2 aromatic rings. The second kappa shape index (κ2) is 4.61. The molecule has 2 aromatic carbocycles. The molecule has 0 aliphatic carbocycles. The molecule has 0 aliphatic rings. The number of nitrogens with zero attached hydrogens (tertiary/aromatic N) is 1. The third-order valence-corrected chi connectivity index (χ3v) is 2.47. The molecule has 0 fully saturated rings. The monoisotopic (exact) mass is 224 g/mol. The van der Waals surface area contributed by atoms with Gasteiger partial charge in [-0.05, 0) is 28.8 Å². The van der Waals surface area contributed by atoms with E-state index in [0.29, 0.717) is 5.57 Å². The second-order valence-electron chi connectivity index (χ2n) is 3.58. The van der Waals surface area contributed by atoms with Gasteiger partial charge in [0.15, 0.2) is 0 Å². The number of nitro groups is 1. The van der Waals surface area contributed by atoms with Gasteiger partial charge in [0, 0.05) is 12.1 Å². The highest BCUT2D eigenvalue weighted by Gasteiger charge is 2.06. The normalized spacial score (nSPS) is 9.88. The van der Waals surface area contributed by atoms with E-state index in [1.807, 2.05) is 30.3 Å². The minimum Gasteiger partial charge on any atom is -0.258 e. The second-order valence-corrected chi connectivity index (χ2v) is 3.58. The maximum absolute atomic E-state index is 10.5. The molecule has 0 unspecified atom stereocenters. The van der Waals surface area contributed by atoms with Gasteiger partial charge in [0.1, 0.15) is 0 Å². The molecule has 3 heteroatoms. The van der Waals surface area contributed by atoms with Gasteiger partial charge in [-0.3, -0.25) is 10.1 Å². The lowest BCUT2D eigenvalue weighted by atomic mass is 10.00.